The van der Waals surface area contributed by atoms with Crippen molar-refractivity contribution in [2.75, 3.05) is 31.6 Å². The van der Waals surface area contributed by atoms with Crippen molar-refractivity contribution in [1.82, 2.24) is 19.9 Å². The minimum atomic E-state index is -0.356. The lowest BCUT2D eigenvalue weighted by atomic mass is 9.98. The highest BCUT2D eigenvalue weighted by atomic mass is 16.6. The van der Waals surface area contributed by atoms with Crippen LogP contribution in [0.1, 0.15) is 17.9 Å². The Morgan fingerprint density at radius 1 is 1.30 bits per heavy atom. The molecule has 0 saturated carbocycles. The van der Waals surface area contributed by atoms with E-state index in [1.165, 1.54) is 7.11 Å². The van der Waals surface area contributed by atoms with Crippen LogP contribution in [0.25, 0.3) is 0 Å². The number of carbonyl (C=O) groups excluding carboxylic acids is 2. The third-order valence-electron chi connectivity index (χ3n) is 5.03. The van der Waals surface area contributed by atoms with Gasteiger partial charge in [-0.3, -0.25) is 4.90 Å². The molecule has 2 aliphatic heterocycles. The topological polar surface area (TPSA) is 89.8 Å². The molecule has 4 rings (SSSR count). The molecular formula is C18H21N5O4. The van der Waals surface area contributed by atoms with Crippen LogP contribution in [-0.2, 0) is 16.0 Å². The van der Waals surface area contributed by atoms with Crippen LogP contribution in [0.4, 0.5) is 15.3 Å². The number of anilines is 1. The number of benzene rings is 1. The molecule has 0 aliphatic carbocycles. The van der Waals surface area contributed by atoms with Crippen LogP contribution < -0.4 is 4.90 Å². The molecule has 1 aromatic carbocycles. The van der Waals surface area contributed by atoms with Gasteiger partial charge in [-0.25, -0.2) is 14.3 Å². The number of cyclic esters (lactones) is 1. The molecule has 0 bridgehead atoms. The largest absolute Gasteiger partial charge is 0.453 e. The molecule has 0 N–H and O–H groups in total. The second-order valence-corrected chi connectivity index (χ2v) is 6.73. The molecule has 1 aromatic heterocycles. The SMILES string of the molecule is COC(=O)N1CCC(c2ccc(N3C[C@H](Cn4ccnn4)OC3=O)cc2)C1. The maximum atomic E-state index is 12.2. The maximum Gasteiger partial charge on any atom is 0.414 e. The molecule has 142 valence electrons. The van der Waals surface area contributed by atoms with E-state index in [0.717, 1.165) is 17.7 Å². The molecule has 27 heavy (non-hydrogen) atoms. The lowest BCUT2D eigenvalue weighted by molar-refractivity contribution is 0.129. The van der Waals surface area contributed by atoms with Crippen molar-refractivity contribution < 1.29 is 19.1 Å². The van der Waals surface area contributed by atoms with Crippen LogP contribution >= 0.6 is 0 Å². The molecule has 2 atom stereocenters. The monoisotopic (exact) mass is 371 g/mol. The van der Waals surface area contributed by atoms with E-state index in [9.17, 15) is 9.59 Å². The summed E-state index contributed by atoms with van der Waals surface area (Å²) in [5.74, 6) is 0.281. The number of methoxy groups -OCH3 is 1. The van der Waals surface area contributed by atoms with Crippen molar-refractivity contribution >= 4 is 17.9 Å². The zero-order chi connectivity index (χ0) is 18.8. The fourth-order valence-electron chi connectivity index (χ4n) is 3.62. The molecular weight excluding hydrogens is 350 g/mol. The Morgan fingerprint density at radius 3 is 2.81 bits per heavy atom. The van der Waals surface area contributed by atoms with Gasteiger partial charge in [-0.15, -0.1) is 5.10 Å². The van der Waals surface area contributed by atoms with E-state index in [0.29, 0.717) is 26.2 Å². The smallest absolute Gasteiger partial charge is 0.414 e. The Labute approximate surface area is 156 Å². The summed E-state index contributed by atoms with van der Waals surface area (Å²) in [5.41, 5.74) is 1.95. The first-order chi connectivity index (χ1) is 13.1. The lowest BCUT2D eigenvalue weighted by Crippen LogP contribution is -2.28. The highest BCUT2D eigenvalue weighted by Crippen LogP contribution is 2.30. The second kappa shape index (κ2) is 7.26. The second-order valence-electron chi connectivity index (χ2n) is 6.73. The fourth-order valence-corrected chi connectivity index (χ4v) is 3.62. The third-order valence-corrected chi connectivity index (χ3v) is 5.03. The summed E-state index contributed by atoms with van der Waals surface area (Å²) >= 11 is 0. The number of likely N-dealkylation sites (tertiary alicyclic amines) is 1. The van der Waals surface area contributed by atoms with E-state index in [2.05, 4.69) is 10.3 Å². The summed E-state index contributed by atoms with van der Waals surface area (Å²) in [5, 5.41) is 7.66. The molecule has 3 heterocycles. The molecule has 2 aliphatic rings. The number of hydrogen-bond acceptors (Lipinski definition) is 6. The Morgan fingerprint density at radius 2 is 2.11 bits per heavy atom. The van der Waals surface area contributed by atoms with Gasteiger partial charge in [0, 0.05) is 30.9 Å². The Bertz CT molecular complexity index is 808. The van der Waals surface area contributed by atoms with Gasteiger partial charge in [-0.2, -0.15) is 0 Å². The Balaban J connectivity index is 1.39. The molecule has 0 spiro atoms. The number of nitrogens with zero attached hydrogens (tertiary/aromatic N) is 5. The summed E-state index contributed by atoms with van der Waals surface area (Å²) in [7, 11) is 1.40. The van der Waals surface area contributed by atoms with E-state index >= 15 is 0 Å². The number of ether oxygens (including phenoxy) is 2. The summed E-state index contributed by atoms with van der Waals surface area (Å²) in [6.45, 7) is 2.29. The highest BCUT2D eigenvalue weighted by Gasteiger charge is 2.33. The minimum absolute atomic E-state index is 0.262. The van der Waals surface area contributed by atoms with Crippen molar-refractivity contribution in [3.8, 4) is 0 Å². The number of carbonyl (C=O) groups is 2. The van der Waals surface area contributed by atoms with Gasteiger partial charge >= 0.3 is 12.2 Å². The van der Waals surface area contributed by atoms with Crippen LogP contribution in [-0.4, -0.2) is 64.9 Å². The average molecular weight is 371 g/mol. The zero-order valence-corrected chi connectivity index (χ0v) is 15.0. The van der Waals surface area contributed by atoms with Crippen LogP contribution in [0.5, 0.6) is 0 Å². The van der Waals surface area contributed by atoms with Gasteiger partial charge in [-0.05, 0) is 24.1 Å². The van der Waals surface area contributed by atoms with Gasteiger partial charge < -0.3 is 14.4 Å². The minimum Gasteiger partial charge on any atom is -0.453 e. The Hall–Kier alpha value is -3.10. The fraction of sp³-hybridized carbons (Fsp3) is 0.444. The van der Waals surface area contributed by atoms with Crippen molar-refractivity contribution in [3.63, 3.8) is 0 Å². The summed E-state index contributed by atoms with van der Waals surface area (Å²) in [4.78, 5) is 27.2. The lowest BCUT2D eigenvalue weighted by Gasteiger charge is -2.16. The number of aromatic nitrogens is 3. The van der Waals surface area contributed by atoms with Crippen molar-refractivity contribution in [3.05, 3.63) is 42.2 Å². The zero-order valence-electron chi connectivity index (χ0n) is 15.0. The quantitative estimate of drug-likeness (QED) is 0.815. The number of amides is 2. The third kappa shape index (κ3) is 3.57. The normalized spacial score (nSPS) is 22.2. The number of hydrogen-bond donors (Lipinski definition) is 0. The van der Waals surface area contributed by atoms with E-state index in [-0.39, 0.29) is 24.2 Å². The predicted octanol–water partition coefficient (Wildman–Crippen LogP) is 1.86. The van der Waals surface area contributed by atoms with Crippen molar-refractivity contribution in [2.24, 2.45) is 0 Å². The van der Waals surface area contributed by atoms with E-state index < -0.39 is 0 Å². The van der Waals surface area contributed by atoms with Crippen LogP contribution in [0.15, 0.2) is 36.7 Å². The summed E-state index contributed by atoms with van der Waals surface area (Å²) in [6.07, 6.45) is 3.34. The first-order valence-electron chi connectivity index (χ1n) is 8.89. The first kappa shape index (κ1) is 17.3. The summed E-state index contributed by atoms with van der Waals surface area (Å²) in [6, 6.07) is 7.88. The first-order valence-corrected chi connectivity index (χ1v) is 8.89. The molecule has 2 aromatic rings. The van der Waals surface area contributed by atoms with Crippen LogP contribution in [0, 0.1) is 0 Å². The van der Waals surface area contributed by atoms with E-state index in [1.807, 2.05) is 24.3 Å². The Kier molecular flexibility index (Phi) is 4.66. The predicted molar refractivity (Wildman–Crippen MR) is 95.4 cm³/mol. The standard InChI is InChI=1S/C18H21N5O4/c1-26-17(24)21-8-6-14(10-21)13-2-4-15(5-3-13)23-12-16(27-18(23)25)11-22-9-7-19-20-22/h2-5,7,9,14,16H,6,8,10-12H2,1H3/t14?,16-/m0/s1. The molecule has 9 heteroatoms. The van der Waals surface area contributed by atoms with Gasteiger partial charge in [0.1, 0.15) is 6.10 Å². The van der Waals surface area contributed by atoms with Crippen molar-refractivity contribution in [1.29, 1.82) is 0 Å². The molecule has 9 nitrogen and oxygen atoms in total. The molecule has 1 unspecified atom stereocenters. The van der Waals surface area contributed by atoms with E-state index in [1.54, 1.807) is 26.9 Å². The maximum absolute atomic E-state index is 12.2. The summed E-state index contributed by atoms with van der Waals surface area (Å²) < 4.78 is 11.9. The van der Waals surface area contributed by atoms with E-state index in [4.69, 9.17) is 9.47 Å². The highest BCUT2D eigenvalue weighted by molar-refractivity contribution is 5.89. The van der Waals surface area contributed by atoms with Crippen molar-refractivity contribution in [2.45, 2.75) is 25.0 Å². The van der Waals surface area contributed by atoms with Gasteiger partial charge in [0.05, 0.1) is 26.4 Å². The van der Waals surface area contributed by atoms with Gasteiger partial charge in [-0.1, -0.05) is 17.3 Å². The van der Waals surface area contributed by atoms with Gasteiger partial charge in [0.15, 0.2) is 0 Å². The van der Waals surface area contributed by atoms with Gasteiger partial charge in [0.25, 0.3) is 0 Å². The van der Waals surface area contributed by atoms with Crippen LogP contribution in [0.2, 0.25) is 0 Å². The van der Waals surface area contributed by atoms with Gasteiger partial charge in [0.2, 0.25) is 0 Å². The average Bonchev–Trinajstić information content (AvgIpc) is 3.43. The molecule has 0 radical (unpaired) electrons. The molecule has 2 amide bonds. The molecule has 2 saturated heterocycles. The van der Waals surface area contributed by atoms with Crippen LogP contribution in [0.3, 0.4) is 0 Å². The molecule has 2 fully saturated rings. The number of rotatable bonds is 4.